The minimum absolute atomic E-state index is 0.286. The summed E-state index contributed by atoms with van der Waals surface area (Å²) in [6.45, 7) is 3.51. The highest BCUT2D eigenvalue weighted by Gasteiger charge is 2.12. The number of carbonyl (C=O) groups excluding carboxylic acids is 3. The van der Waals surface area contributed by atoms with Crippen LogP contribution in [0.5, 0.6) is 0 Å². The summed E-state index contributed by atoms with van der Waals surface area (Å²) in [5.74, 6) is -1.53. The molecule has 0 atom stereocenters. The van der Waals surface area contributed by atoms with Crippen LogP contribution in [0.3, 0.4) is 0 Å². The second-order valence-corrected chi connectivity index (χ2v) is 6.35. The van der Waals surface area contributed by atoms with Gasteiger partial charge in [0, 0.05) is 17.6 Å². The Morgan fingerprint density at radius 1 is 0.900 bits per heavy atom. The SMILES string of the molecule is CCOC(=O)c1ccc(NC(=O)COC(=O)c2ccc(-n3nccc3C)cc2)cc1. The van der Waals surface area contributed by atoms with E-state index in [1.807, 2.05) is 13.0 Å². The number of carbonyl (C=O) groups is 3. The van der Waals surface area contributed by atoms with E-state index in [0.717, 1.165) is 11.4 Å². The predicted octanol–water partition coefficient (Wildman–Crippen LogP) is 3.15. The van der Waals surface area contributed by atoms with Crippen LogP contribution in [0.15, 0.2) is 60.8 Å². The standard InChI is InChI=1S/C22H21N3O5/c1-3-29-21(27)16-4-8-18(9-5-16)24-20(26)14-30-22(28)17-6-10-19(11-7-17)25-15(2)12-13-23-25/h4-13H,3,14H2,1-2H3,(H,24,26). The van der Waals surface area contributed by atoms with Crippen LogP contribution in [0, 0.1) is 6.92 Å². The highest BCUT2D eigenvalue weighted by Crippen LogP contribution is 2.13. The maximum atomic E-state index is 12.2. The average Bonchev–Trinajstić information content (AvgIpc) is 3.18. The number of hydrogen-bond donors (Lipinski definition) is 1. The predicted molar refractivity (Wildman–Crippen MR) is 110 cm³/mol. The number of hydrogen-bond acceptors (Lipinski definition) is 6. The Kier molecular flexibility index (Phi) is 6.59. The van der Waals surface area contributed by atoms with E-state index in [1.165, 1.54) is 0 Å². The van der Waals surface area contributed by atoms with Crippen molar-refractivity contribution in [1.82, 2.24) is 9.78 Å². The van der Waals surface area contributed by atoms with Gasteiger partial charge in [0.05, 0.1) is 23.4 Å². The van der Waals surface area contributed by atoms with Crippen molar-refractivity contribution in [3.05, 3.63) is 77.6 Å². The summed E-state index contributed by atoms with van der Waals surface area (Å²) >= 11 is 0. The van der Waals surface area contributed by atoms with Gasteiger partial charge in [-0.1, -0.05) is 0 Å². The van der Waals surface area contributed by atoms with Crippen LogP contribution in [0.25, 0.3) is 5.69 Å². The summed E-state index contributed by atoms with van der Waals surface area (Å²) in [6, 6.07) is 14.8. The van der Waals surface area contributed by atoms with E-state index in [2.05, 4.69) is 10.4 Å². The first-order chi connectivity index (χ1) is 14.5. The van der Waals surface area contributed by atoms with Crippen LogP contribution in [0.1, 0.15) is 33.3 Å². The first-order valence-electron chi connectivity index (χ1n) is 9.33. The zero-order valence-electron chi connectivity index (χ0n) is 16.6. The maximum Gasteiger partial charge on any atom is 0.338 e. The number of nitrogens with one attached hydrogen (secondary N) is 1. The Labute approximate surface area is 173 Å². The van der Waals surface area contributed by atoms with E-state index in [4.69, 9.17) is 9.47 Å². The minimum atomic E-state index is -0.605. The Bertz CT molecular complexity index is 1040. The number of ether oxygens (including phenoxy) is 2. The number of aromatic nitrogens is 2. The summed E-state index contributed by atoms with van der Waals surface area (Å²) < 4.78 is 11.7. The van der Waals surface area contributed by atoms with Gasteiger partial charge in [-0.25, -0.2) is 14.3 Å². The Morgan fingerprint density at radius 3 is 2.07 bits per heavy atom. The number of esters is 2. The lowest BCUT2D eigenvalue weighted by Crippen LogP contribution is -2.21. The number of anilines is 1. The third-order valence-electron chi connectivity index (χ3n) is 4.19. The van der Waals surface area contributed by atoms with Gasteiger partial charge in [-0.2, -0.15) is 5.10 Å². The summed E-state index contributed by atoms with van der Waals surface area (Å²) in [6.07, 6.45) is 1.69. The van der Waals surface area contributed by atoms with Gasteiger partial charge in [-0.15, -0.1) is 0 Å². The molecule has 1 heterocycles. The van der Waals surface area contributed by atoms with Crippen LogP contribution in [-0.2, 0) is 14.3 Å². The molecule has 0 spiro atoms. The van der Waals surface area contributed by atoms with Gasteiger partial charge < -0.3 is 14.8 Å². The summed E-state index contributed by atoms with van der Waals surface area (Å²) in [7, 11) is 0. The molecule has 8 nitrogen and oxygen atoms in total. The normalized spacial score (nSPS) is 10.3. The van der Waals surface area contributed by atoms with E-state index in [0.29, 0.717) is 16.8 Å². The maximum absolute atomic E-state index is 12.2. The van der Waals surface area contributed by atoms with Gasteiger partial charge in [-0.3, -0.25) is 4.79 Å². The smallest absolute Gasteiger partial charge is 0.338 e. The van der Waals surface area contributed by atoms with E-state index in [-0.39, 0.29) is 6.61 Å². The van der Waals surface area contributed by atoms with Gasteiger partial charge in [0.2, 0.25) is 0 Å². The van der Waals surface area contributed by atoms with Crippen LogP contribution in [-0.4, -0.2) is 40.8 Å². The number of benzene rings is 2. The van der Waals surface area contributed by atoms with Gasteiger partial charge >= 0.3 is 11.9 Å². The molecule has 0 bridgehead atoms. The van der Waals surface area contributed by atoms with Crippen LogP contribution in [0.4, 0.5) is 5.69 Å². The average molecular weight is 407 g/mol. The lowest BCUT2D eigenvalue weighted by Gasteiger charge is -2.08. The van der Waals surface area contributed by atoms with Crippen molar-refractivity contribution in [2.45, 2.75) is 13.8 Å². The van der Waals surface area contributed by atoms with Gasteiger partial charge in [0.25, 0.3) is 5.91 Å². The van der Waals surface area contributed by atoms with Crippen molar-refractivity contribution in [3.63, 3.8) is 0 Å². The zero-order valence-corrected chi connectivity index (χ0v) is 16.6. The number of nitrogens with zero attached hydrogens (tertiary/aromatic N) is 2. The van der Waals surface area contributed by atoms with E-state index in [1.54, 1.807) is 66.3 Å². The van der Waals surface area contributed by atoms with Crippen molar-refractivity contribution in [1.29, 1.82) is 0 Å². The van der Waals surface area contributed by atoms with Crippen molar-refractivity contribution in [2.24, 2.45) is 0 Å². The summed E-state index contributed by atoms with van der Waals surface area (Å²) in [5.41, 5.74) is 2.98. The third-order valence-corrected chi connectivity index (χ3v) is 4.19. The molecule has 1 N–H and O–H groups in total. The molecule has 0 saturated carbocycles. The van der Waals surface area contributed by atoms with Gasteiger partial charge in [0.15, 0.2) is 6.61 Å². The lowest BCUT2D eigenvalue weighted by molar-refractivity contribution is -0.119. The molecule has 0 radical (unpaired) electrons. The van der Waals surface area contributed by atoms with E-state index in [9.17, 15) is 14.4 Å². The van der Waals surface area contributed by atoms with Gasteiger partial charge in [-0.05, 0) is 68.4 Å². The van der Waals surface area contributed by atoms with Crippen LogP contribution >= 0.6 is 0 Å². The van der Waals surface area contributed by atoms with Gasteiger partial charge in [0.1, 0.15) is 0 Å². The fourth-order valence-corrected chi connectivity index (χ4v) is 2.69. The molecule has 0 aliphatic carbocycles. The third kappa shape index (κ3) is 5.11. The minimum Gasteiger partial charge on any atom is -0.462 e. The fraction of sp³-hybridized carbons (Fsp3) is 0.182. The summed E-state index contributed by atoms with van der Waals surface area (Å²) in [5, 5.41) is 6.81. The molecular formula is C22H21N3O5. The quantitative estimate of drug-likeness (QED) is 0.604. The monoisotopic (exact) mass is 407 g/mol. The molecule has 0 aliphatic heterocycles. The van der Waals surface area contributed by atoms with Crippen LogP contribution < -0.4 is 5.32 Å². The molecule has 0 saturated heterocycles. The fourth-order valence-electron chi connectivity index (χ4n) is 2.69. The molecule has 154 valence electrons. The lowest BCUT2D eigenvalue weighted by atomic mass is 10.2. The molecule has 3 rings (SSSR count). The molecule has 30 heavy (non-hydrogen) atoms. The number of rotatable bonds is 7. The molecule has 2 aromatic carbocycles. The topological polar surface area (TPSA) is 99.5 Å². The molecule has 1 amide bonds. The number of amides is 1. The van der Waals surface area contributed by atoms with E-state index >= 15 is 0 Å². The van der Waals surface area contributed by atoms with E-state index < -0.39 is 24.5 Å². The van der Waals surface area contributed by atoms with Crippen molar-refractivity contribution in [2.75, 3.05) is 18.5 Å². The van der Waals surface area contributed by atoms with Crippen LogP contribution in [0.2, 0.25) is 0 Å². The molecule has 0 fully saturated rings. The molecule has 0 aliphatic rings. The Hall–Kier alpha value is -3.94. The second-order valence-electron chi connectivity index (χ2n) is 6.35. The molecule has 8 heteroatoms. The zero-order chi connectivity index (χ0) is 21.5. The van der Waals surface area contributed by atoms with Crippen molar-refractivity contribution < 1.29 is 23.9 Å². The Morgan fingerprint density at radius 2 is 1.50 bits per heavy atom. The molecular weight excluding hydrogens is 386 g/mol. The second kappa shape index (κ2) is 9.51. The molecule has 1 aromatic heterocycles. The first-order valence-corrected chi connectivity index (χ1v) is 9.33. The highest BCUT2D eigenvalue weighted by atomic mass is 16.5. The Balaban J connectivity index is 1.51. The molecule has 3 aromatic rings. The first kappa shape index (κ1) is 20.8. The molecule has 0 unspecified atom stereocenters. The van der Waals surface area contributed by atoms with Crippen molar-refractivity contribution >= 4 is 23.5 Å². The number of aryl methyl sites for hydroxylation is 1. The summed E-state index contributed by atoms with van der Waals surface area (Å²) in [4.78, 5) is 35.8. The highest BCUT2D eigenvalue weighted by molar-refractivity contribution is 5.96. The largest absolute Gasteiger partial charge is 0.462 e. The van der Waals surface area contributed by atoms with Crippen molar-refractivity contribution in [3.8, 4) is 5.69 Å².